The highest BCUT2D eigenvalue weighted by molar-refractivity contribution is 7.14. The SMILES string of the molecule is Cc1cccc(O[C@H](C)C(=O)Nc2sccc2C#N)c1. The summed E-state index contributed by atoms with van der Waals surface area (Å²) >= 11 is 1.32. The van der Waals surface area contributed by atoms with Gasteiger partial charge in [0.1, 0.15) is 16.8 Å². The Morgan fingerprint density at radius 1 is 1.45 bits per heavy atom. The zero-order chi connectivity index (χ0) is 14.5. The first kappa shape index (κ1) is 14.1. The van der Waals surface area contributed by atoms with Crippen molar-refractivity contribution in [2.45, 2.75) is 20.0 Å². The fraction of sp³-hybridized carbons (Fsp3) is 0.200. The Labute approximate surface area is 121 Å². The van der Waals surface area contributed by atoms with Crippen molar-refractivity contribution < 1.29 is 9.53 Å². The fourth-order valence-corrected chi connectivity index (χ4v) is 2.39. The van der Waals surface area contributed by atoms with Crippen LogP contribution in [0.1, 0.15) is 18.1 Å². The largest absolute Gasteiger partial charge is 0.481 e. The van der Waals surface area contributed by atoms with Crippen LogP contribution >= 0.6 is 11.3 Å². The lowest BCUT2D eigenvalue weighted by atomic mass is 10.2. The number of rotatable bonds is 4. The summed E-state index contributed by atoms with van der Waals surface area (Å²) < 4.78 is 5.59. The Kier molecular flexibility index (Phi) is 4.38. The van der Waals surface area contributed by atoms with Crippen LogP contribution in [-0.4, -0.2) is 12.0 Å². The lowest BCUT2D eigenvalue weighted by Gasteiger charge is -2.14. The fourth-order valence-electron chi connectivity index (χ4n) is 1.65. The van der Waals surface area contributed by atoms with Gasteiger partial charge in [-0.1, -0.05) is 12.1 Å². The zero-order valence-electron chi connectivity index (χ0n) is 11.2. The van der Waals surface area contributed by atoms with Crippen LogP contribution in [0.4, 0.5) is 5.00 Å². The van der Waals surface area contributed by atoms with E-state index in [4.69, 9.17) is 10.00 Å². The molecule has 5 heteroatoms. The number of benzene rings is 1. The highest BCUT2D eigenvalue weighted by Crippen LogP contribution is 2.22. The predicted molar refractivity (Wildman–Crippen MR) is 78.9 cm³/mol. The molecular weight excluding hydrogens is 272 g/mol. The minimum absolute atomic E-state index is 0.273. The number of ether oxygens (including phenoxy) is 1. The summed E-state index contributed by atoms with van der Waals surface area (Å²) in [5, 5.41) is 13.9. The molecule has 0 aliphatic carbocycles. The number of thiophene rings is 1. The lowest BCUT2D eigenvalue weighted by molar-refractivity contribution is -0.122. The number of carbonyl (C=O) groups is 1. The maximum Gasteiger partial charge on any atom is 0.265 e. The van der Waals surface area contributed by atoms with Crippen LogP contribution in [0.5, 0.6) is 5.75 Å². The monoisotopic (exact) mass is 286 g/mol. The molecule has 0 saturated heterocycles. The van der Waals surface area contributed by atoms with Gasteiger partial charge in [0, 0.05) is 0 Å². The van der Waals surface area contributed by atoms with Crippen molar-refractivity contribution in [3.05, 3.63) is 46.8 Å². The highest BCUT2D eigenvalue weighted by atomic mass is 32.1. The third-order valence-electron chi connectivity index (χ3n) is 2.69. The van der Waals surface area contributed by atoms with Crippen molar-refractivity contribution in [2.24, 2.45) is 0 Å². The van der Waals surface area contributed by atoms with E-state index >= 15 is 0 Å². The van der Waals surface area contributed by atoms with Gasteiger partial charge in [0.05, 0.1) is 5.56 Å². The van der Waals surface area contributed by atoms with Crippen molar-refractivity contribution in [3.8, 4) is 11.8 Å². The number of hydrogen-bond acceptors (Lipinski definition) is 4. The molecule has 1 aromatic heterocycles. The molecule has 1 heterocycles. The van der Waals surface area contributed by atoms with E-state index in [9.17, 15) is 4.79 Å². The average molecular weight is 286 g/mol. The van der Waals surface area contributed by atoms with Crippen molar-refractivity contribution in [3.63, 3.8) is 0 Å². The van der Waals surface area contributed by atoms with Crippen LogP contribution in [0.3, 0.4) is 0 Å². The molecule has 0 radical (unpaired) electrons. The van der Waals surface area contributed by atoms with Crippen LogP contribution in [0.15, 0.2) is 35.7 Å². The molecule has 4 nitrogen and oxygen atoms in total. The third kappa shape index (κ3) is 3.37. The summed E-state index contributed by atoms with van der Waals surface area (Å²) in [5.74, 6) is 0.379. The minimum atomic E-state index is -0.634. The molecule has 0 bridgehead atoms. The topological polar surface area (TPSA) is 62.1 Å². The molecule has 1 aromatic carbocycles. The maximum atomic E-state index is 12.0. The van der Waals surface area contributed by atoms with Gasteiger partial charge in [0.25, 0.3) is 5.91 Å². The van der Waals surface area contributed by atoms with Gasteiger partial charge in [-0.2, -0.15) is 5.26 Å². The molecule has 20 heavy (non-hydrogen) atoms. The van der Waals surface area contributed by atoms with Gasteiger partial charge in [-0.3, -0.25) is 4.79 Å². The number of nitrogens with one attached hydrogen (secondary N) is 1. The van der Waals surface area contributed by atoms with Gasteiger partial charge in [-0.05, 0) is 43.0 Å². The normalized spacial score (nSPS) is 11.4. The number of nitrogens with zero attached hydrogens (tertiary/aromatic N) is 1. The van der Waals surface area contributed by atoms with E-state index in [1.54, 1.807) is 18.4 Å². The average Bonchev–Trinajstić information content (AvgIpc) is 2.85. The Morgan fingerprint density at radius 3 is 2.95 bits per heavy atom. The van der Waals surface area contributed by atoms with Crippen molar-refractivity contribution >= 4 is 22.2 Å². The smallest absolute Gasteiger partial charge is 0.265 e. The van der Waals surface area contributed by atoms with E-state index < -0.39 is 6.10 Å². The number of hydrogen-bond donors (Lipinski definition) is 1. The number of aryl methyl sites for hydroxylation is 1. The molecule has 102 valence electrons. The Bertz CT molecular complexity index is 658. The van der Waals surface area contributed by atoms with E-state index in [1.165, 1.54) is 11.3 Å². The Balaban J connectivity index is 2.01. The molecular formula is C15H14N2O2S. The molecule has 1 N–H and O–H groups in total. The van der Waals surface area contributed by atoms with Crippen LogP contribution in [0, 0.1) is 18.3 Å². The van der Waals surface area contributed by atoms with E-state index in [-0.39, 0.29) is 5.91 Å². The van der Waals surface area contributed by atoms with Gasteiger partial charge >= 0.3 is 0 Å². The summed E-state index contributed by atoms with van der Waals surface area (Å²) in [7, 11) is 0. The first-order chi connectivity index (χ1) is 9.60. The van der Waals surface area contributed by atoms with E-state index in [2.05, 4.69) is 5.32 Å². The first-order valence-electron chi connectivity index (χ1n) is 6.12. The van der Waals surface area contributed by atoms with E-state index in [1.807, 2.05) is 37.3 Å². The summed E-state index contributed by atoms with van der Waals surface area (Å²) in [6.45, 7) is 3.64. The predicted octanol–water partition coefficient (Wildman–Crippen LogP) is 3.33. The van der Waals surface area contributed by atoms with Crippen LogP contribution in [0.25, 0.3) is 0 Å². The second-order valence-electron chi connectivity index (χ2n) is 4.34. The number of anilines is 1. The van der Waals surface area contributed by atoms with Gasteiger partial charge in [-0.15, -0.1) is 11.3 Å². The van der Waals surface area contributed by atoms with E-state index in [0.29, 0.717) is 16.3 Å². The molecule has 0 aliphatic rings. The van der Waals surface area contributed by atoms with Gasteiger partial charge in [0.15, 0.2) is 6.10 Å². The minimum Gasteiger partial charge on any atom is -0.481 e. The molecule has 0 saturated carbocycles. The molecule has 0 fully saturated rings. The number of carbonyl (C=O) groups excluding carboxylic acids is 1. The molecule has 0 spiro atoms. The second kappa shape index (κ2) is 6.22. The molecule has 0 aliphatic heterocycles. The van der Waals surface area contributed by atoms with Gasteiger partial charge in [-0.25, -0.2) is 0 Å². The van der Waals surface area contributed by atoms with Crippen LogP contribution in [-0.2, 0) is 4.79 Å². The van der Waals surface area contributed by atoms with E-state index in [0.717, 1.165) is 5.56 Å². The standard InChI is InChI=1S/C15H14N2O2S/c1-10-4-3-5-13(8-10)19-11(2)14(18)17-15-12(9-16)6-7-20-15/h3-8,11H,1-2H3,(H,17,18)/t11-/m1/s1. The number of amides is 1. The number of nitriles is 1. The molecule has 1 amide bonds. The summed E-state index contributed by atoms with van der Waals surface area (Å²) in [6, 6.07) is 11.2. The molecule has 1 atom stereocenters. The van der Waals surface area contributed by atoms with Gasteiger partial charge in [0.2, 0.25) is 0 Å². The highest BCUT2D eigenvalue weighted by Gasteiger charge is 2.17. The van der Waals surface area contributed by atoms with Crippen LogP contribution in [0.2, 0.25) is 0 Å². The molecule has 0 unspecified atom stereocenters. The van der Waals surface area contributed by atoms with Gasteiger partial charge < -0.3 is 10.1 Å². The summed E-state index contributed by atoms with van der Waals surface area (Å²) in [5.41, 5.74) is 1.53. The summed E-state index contributed by atoms with van der Waals surface area (Å²) in [6.07, 6.45) is -0.634. The maximum absolute atomic E-state index is 12.0. The van der Waals surface area contributed by atoms with Crippen LogP contribution < -0.4 is 10.1 Å². The van der Waals surface area contributed by atoms with Crippen molar-refractivity contribution in [2.75, 3.05) is 5.32 Å². The Morgan fingerprint density at radius 2 is 2.25 bits per heavy atom. The lowest BCUT2D eigenvalue weighted by Crippen LogP contribution is -2.30. The first-order valence-corrected chi connectivity index (χ1v) is 7.00. The van der Waals surface area contributed by atoms with Crippen molar-refractivity contribution in [1.82, 2.24) is 0 Å². The molecule has 2 aromatic rings. The summed E-state index contributed by atoms with van der Waals surface area (Å²) in [4.78, 5) is 12.0. The third-order valence-corrected chi connectivity index (χ3v) is 3.52. The molecule has 2 rings (SSSR count). The van der Waals surface area contributed by atoms with Crippen molar-refractivity contribution in [1.29, 1.82) is 5.26 Å². The Hall–Kier alpha value is -2.32. The second-order valence-corrected chi connectivity index (χ2v) is 5.26. The zero-order valence-corrected chi connectivity index (χ0v) is 12.0. The quantitative estimate of drug-likeness (QED) is 0.937.